The fourth-order valence-corrected chi connectivity index (χ4v) is 0.785. The molecule has 1 aromatic heterocycles. The first kappa shape index (κ1) is 9.59. The highest BCUT2D eigenvalue weighted by molar-refractivity contribution is 5.90. The van der Waals surface area contributed by atoms with E-state index in [1.54, 1.807) is 0 Å². The number of nitrogens with zero attached hydrogens (tertiary/aromatic N) is 3. The van der Waals surface area contributed by atoms with Gasteiger partial charge >= 0.3 is 0 Å². The number of aromatic amines is 1. The number of carbonyl (C=O) groups is 1. The molecule has 0 radical (unpaired) electrons. The number of rotatable bonds is 4. The van der Waals surface area contributed by atoms with Crippen molar-refractivity contribution in [3.63, 3.8) is 0 Å². The summed E-state index contributed by atoms with van der Waals surface area (Å²) >= 11 is 0. The first-order valence-electron chi connectivity index (χ1n) is 3.93. The average molecular weight is 185 g/mol. The Labute approximate surface area is 74.5 Å². The standard InChI is InChI=1S/C6H11N5O2/c1-2-4(3-12)7-6(13)5-8-10-11-9-5/h4,12H,2-3H2,1H3,(H,7,13)(H,8,9,10,11). The fraction of sp³-hybridized carbons (Fsp3) is 0.667. The van der Waals surface area contributed by atoms with E-state index in [1.165, 1.54) is 0 Å². The summed E-state index contributed by atoms with van der Waals surface area (Å²) in [4.78, 5) is 11.2. The number of carbonyl (C=O) groups excluding carboxylic acids is 1. The molecule has 0 aliphatic rings. The summed E-state index contributed by atoms with van der Waals surface area (Å²) < 4.78 is 0. The normalized spacial score (nSPS) is 12.5. The van der Waals surface area contributed by atoms with Crippen molar-refractivity contribution in [2.24, 2.45) is 0 Å². The van der Waals surface area contributed by atoms with Crippen molar-refractivity contribution in [1.82, 2.24) is 25.9 Å². The Hall–Kier alpha value is -1.50. The van der Waals surface area contributed by atoms with E-state index in [9.17, 15) is 4.79 Å². The highest BCUT2D eigenvalue weighted by atomic mass is 16.3. The van der Waals surface area contributed by atoms with Gasteiger partial charge in [-0.05, 0) is 11.6 Å². The molecule has 7 nitrogen and oxygen atoms in total. The molecule has 0 saturated carbocycles. The molecule has 13 heavy (non-hydrogen) atoms. The van der Waals surface area contributed by atoms with Crippen molar-refractivity contribution in [2.75, 3.05) is 6.61 Å². The molecule has 0 saturated heterocycles. The Morgan fingerprint density at radius 1 is 1.77 bits per heavy atom. The summed E-state index contributed by atoms with van der Waals surface area (Å²) in [5.74, 6) is -0.457. The van der Waals surface area contributed by atoms with Gasteiger partial charge in [0.05, 0.1) is 12.6 Å². The SMILES string of the molecule is CCC(CO)NC(=O)c1nn[nH]n1. The second-order valence-electron chi connectivity index (χ2n) is 2.50. The van der Waals surface area contributed by atoms with Gasteiger partial charge in [0.25, 0.3) is 11.7 Å². The molecule has 3 N–H and O–H groups in total. The van der Waals surface area contributed by atoms with Gasteiger partial charge in [0.2, 0.25) is 0 Å². The van der Waals surface area contributed by atoms with Crippen LogP contribution >= 0.6 is 0 Å². The first-order valence-corrected chi connectivity index (χ1v) is 3.93. The summed E-state index contributed by atoms with van der Waals surface area (Å²) in [6.45, 7) is 1.76. The second-order valence-corrected chi connectivity index (χ2v) is 2.50. The number of aliphatic hydroxyl groups excluding tert-OH is 1. The maximum atomic E-state index is 11.2. The second kappa shape index (κ2) is 4.51. The van der Waals surface area contributed by atoms with E-state index >= 15 is 0 Å². The van der Waals surface area contributed by atoms with E-state index in [0.29, 0.717) is 6.42 Å². The van der Waals surface area contributed by atoms with Gasteiger partial charge in [-0.15, -0.1) is 10.2 Å². The Morgan fingerprint density at radius 3 is 3.00 bits per heavy atom. The van der Waals surface area contributed by atoms with Crippen LogP contribution in [-0.4, -0.2) is 44.3 Å². The zero-order chi connectivity index (χ0) is 9.68. The summed E-state index contributed by atoms with van der Waals surface area (Å²) in [6, 6.07) is -0.258. The highest BCUT2D eigenvalue weighted by Gasteiger charge is 2.14. The molecule has 1 heterocycles. The molecule has 7 heteroatoms. The van der Waals surface area contributed by atoms with Crippen molar-refractivity contribution in [1.29, 1.82) is 0 Å². The fourth-order valence-electron chi connectivity index (χ4n) is 0.785. The van der Waals surface area contributed by atoms with E-state index in [-0.39, 0.29) is 18.5 Å². The van der Waals surface area contributed by atoms with E-state index in [1.807, 2.05) is 6.92 Å². The molecule has 0 aliphatic carbocycles. The zero-order valence-electron chi connectivity index (χ0n) is 7.19. The lowest BCUT2D eigenvalue weighted by molar-refractivity contribution is 0.0904. The van der Waals surface area contributed by atoms with Crippen LogP contribution in [0.3, 0.4) is 0 Å². The van der Waals surface area contributed by atoms with E-state index in [0.717, 1.165) is 0 Å². The average Bonchev–Trinajstić information content (AvgIpc) is 2.66. The maximum Gasteiger partial charge on any atom is 0.293 e. The Morgan fingerprint density at radius 2 is 2.54 bits per heavy atom. The monoisotopic (exact) mass is 185 g/mol. The molecule has 0 aromatic carbocycles. The summed E-state index contributed by atoms with van der Waals surface area (Å²) in [6.07, 6.45) is 0.653. The van der Waals surface area contributed by atoms with Gasteiger partial charge in [-0.3, -0.25) is 4.79 Å². The van der Waals surface area contributed by atoms with Crippen LogP contribution in [0.4, 0.5) is 0 Å². The van der Waals surface area contributed by atoms with Crippen molar-refractivity contribution in [2.45, 2.75) is 19.4 Å². The van der Waals surface area contributed by atoms with E-state index in [4.69, 9.17) is 5.11 Å². The Kier molecular flexibility index (Phi) is 3.32. The van der Waals surface area contributed by atoms with Gasteiger partial charge in [-0.1, -0.05) is 6.92 Å². The summed E-state index contributed by atoms with van der Waals surface area (Å²) in [7, 11) is 0. The Balaban J connectivity index is 2.50. The number of hydrogen-bond donors (Lipinski definition) is 3. The third kappa shape index (κ3) is 2.48. The molecule has 1 rings (SSSR count). The number of H-pyrrole nitrogens is 1. The van der Waals surface area contributed by atoms with Crippen molar-refractivity contribution < 1.29 is 9.90 Å². The molecular formula is C6H11N5O2. The molecule has 0 aliphatic heterocycles. The topological polar surface area (TPSA) is 104 Å². The van der Waals surface area contributed by atoms with Gasteiger partial charge in [-0.2, -0.15) is 5.21 Å². The third-order valence-corrected chi connectivity index (χ3v) is 1.60. The first-order chi connectivity index (χ1) is 6.27. The largest absolute Gasteiger partial charge is 0.394 e. The lowest BCUT2D eigenvalue weighted by Gasteiger charge is -2.11. The van der Waals surface area contributed by atoms with Crippen LogP contribution in [0.15, 0.2) is 0 Å². The number of nitrogens with one attached hydrogen (secondary N) is 2. The van der Waals surface area contributed by atoms with Gasteiger partial charge in [0.15, 0.2) is 0 Å². The zero-order valence-corrected chi connectivity index (χ0v) is 7.19. The molecule has 0 bridgehead atoms. The molecule has 1 amide bonds. The molecule has 1 unspecified atom stereocenters. The van der Waals surface area contributed by atoms with Crippen LogP contribution < -0.4 is 5.32 Å². The number of tetrazole rings is 1. The van der Waals surface area contributed by atoms with Gasteiger partial charge in [-0.25, -0.2) is 0 Å². The van der Waals surface area contributed by atoms with Crippen LogP contribution in [0.1, 0.15) is 24.0 Å². The predicted molar refractivity (Wildman–Crippen MR) is 42.8 cm³/mol. The van der Waals surface area contributed by atoms with Crippen LogP contribution in [0.5, 0.6) is 0 Å². The number of amides is 1. The van der Waals surface area contributed by atoms with Crippen molar-refractivity contribution in [3.05, 3.63) is 5.82 Å². The molecule has 0 spiro atoms. The summed E-state index contributed by atoms with van der Waals surface area (Å²) in [5.41, 5.74) is 0. The van der Waals surface area contributed by atoms with Crippen LogP contribution in [0, 0.1) is 0 Å². The minimum atomic E-state index is -0.436. The van der Waals surface area contributed by atoms with Gasteiger partial charge < -0.3 is 10.4 Å². The van der Waals surface area contributed by atoms with Crippen molar-refractivity contribution >= 4 is 5.91 Å². The summed E-state index contributed by atoms with van der Waals surface area (Å²) in [5, 5.41) is 23.7. The van der Waals surface area contributed by atoms with E-state index < -0.39 is 5.91 Å². The lowest BCUT2D eigenvalue weighted by atomic mass is 10.2. The Bertz CT molecular complexity index is 256. The maximum absolute atomic E-state index is 11.2. The molecule has 72 valence electrons. The van der Waals surface area contributed by atoms with Gasteiger partial charge in [0, 0.05) is 0 Å². The highest BCUT2D eigenvalue weighted by Crippen LogP contribution is 1.91. The third-order valence-electron chi connectivity index (χ3n) is 1.60. The molecular weight excluding hydrogens is 174 g/mol. The number of hydrogen-bond acceptors (Lipinski definition) is 5. The van der Waals surface area contributed by atoms with Gasteiger partial charge in [0.1, 0.15) is 0 Å². The molecule has 1 atom stereocenters. The van der Waals surface area contributed by atoms with Crippen LogP contribution in [0.2, 0.25) is 0 Å². The number of aromatic nitrogens is 4. The quantitative estimate of drug-likeness (QED) is 0.541. The number of aliphatic hydroxyl groups is 1. The van der Waals surface area contributed by atoms with Crippen molar-refractivity contribution in [3.8, 4) is 0 Å². The smallest absolute Gasteiger partial charge is 0.293 e. The minimum absolute atomic E-state index is 0.0214. The molecule has 0 fully saturated rings. The minimum Gasteiger partial charge on any atom is -0.394 e. The lowest BCUT2D eigenvalue weighted by Crippen LogP contribution is -2.37. The van der Waals surface area contributed by atoms with E-state index in [2.05, 4.69) is 25.9 Å². The van der Waals surface area contributed by atoms with Crippen LogP contribution in [0.25, 0.3) is 0 Å². The predicted octanol–water partition coefficient (Wildman–Crippen LogP) is -1.30. The molecule has 1 aromatic rings. The van der Waals surface area contributed by atoms with Crippen LogP contribution in [-0.2, 0) is 0 Å².